The van der Waals surface area contributed by atoms with Crippen LogP contribution in [0.1, 0.15) is 22.1 Å². The largest absolute Gasteiger partial charge is 0.475 e. The van der Waals surface area contributed by atoms with Gasteiger partial charge in [-0.15, -0.1) is 11.3 Å². The Morgan fingerprint density at radius 1 is 1.11 bits per heavy atom. The Morgan fingerprint density at radius 2 is 1.84 bits per heavy atom. The smallest absolute Gasteiger partial charge is 0.430 e. The van der Waals surface area contributed by atoms with Crippen molar-refractivity contribution in [1.29, 1.82) is 0 Å². The number of fused-ring (bicyclic) bond motifs is 1. The van der Waals surface area contributed by atoms with Crippen molar-refractivity contribution in [3.63, 3.8) is 0 Å². The third-order valence-electron chi connectivity index (χ3n) is 2.84. The van der Waals surface area contributed by atoms with E-state index >= 15 is 0 Å². The van der Waals surface area contributed by atoms with Gasteiger partial charge in [0, 0.05) is 5.56 Å². The first-order valence-electron chi connectivity index (χ1n) is 5.63. The van der Waals surface area contributed by atoms with Crippen molar-refractivity contribution >= 4 is 23.2 Å². The van der Waals surface area contributed by atoms with Crippen LogP contribution < -0.4 is 0 Å². The zero-order valence-corrected chi connectivity index (χ0v) is 10.5. The molecule has 0 bridgehead atoms. The summed E-state index contributed by atoms with van der Waals surface area (Å²) in [5, 5.41) is 1.66. The molecule has 0 aliphatic carbocycles. The summed E-state index contributed by atoms with van der Waals surface area (Å²) >= 11 is 1.08. The summed E-state index contributed by atoms with van der Waals surface area (Å²) in [5.74, 6) is 0.282. The third-order valence-corrected chi connectivity index (χ3v) is 3.80. The van der Waals surface area contributed by atoms with Crippen molar-refractivity contribution < 1.29 is 17.9 Å². The van der Waals surface area contributed by atoms with Crippen LogP contribution >= 0.6 is 11.3 Å². The summed E-state index contributed by atoms with van der Waals surface area (Å²) in [6, 6.07) is 10.8. The highest BCUT2D eigenvalue weighted by Crippen LogP contribution is 2.49. The van der Waals surface area contributed by atoms with Crippen molar-refractivity contribution in [2.45, 2.75) is 12.3 Å². The molecule has 1 aromatic heterocycles. The van der Waals surface area contributed by atoms with E-state index in [4.69, 9.17) is 4.74 Å². The Labute approximate surface area is 112 Å². The van der Waals surface area contributed by atoms with Crippen LogP contribution in [0.3, 0.4) is 0 Å². The first-order valence-corrected chi connectivity index (χ1v) is 6.51. The van der Waals surface area contributed by atoms with E-state index in [1.54, 1.807) is 17.5 Å². The fourth-order valence-electron chi connectivity index (χ4n) is 2.00. The van der Waals surface area contributed by atoms with Crippen LogP contribution in [-0.2, 0) is 4.74 Å². The molecule has 0 fully saturated rings. The fraction of sp³-hybridized carbons (Fsp3) is 0.143. The molecular weight excluding hydrogens is 273 g/mol. The van der Waals surface area contributed by atoms with E-state index in [1.165, 1.54) is 0 Å². The molecule has 19 heavy (non-hydrogen) atoms. The number of ether oxygens (including phenoxy) is 1. The quantitative estimate of drug-likeness (QED) is 0.724. The molecule has 1 aliphatic rings. The van der Waals surface area contributed by atoms with E-state index in [9.17, 15) is 13.2 Å². The van der Waals surface area contributed by atoms with Crippen LogP contribution in [0.15, 0.2) is 41.8 Å². The van der Waals surface area contributed by atoms with Crippen molar-refractivity contribution in [3.05, 3.63) is 57.8 Å². The summed E-state index contributed by atoms with van der Waals surface area (Å²) in [5.41, 5.74) is 1.36. The van der Waals surface area contributed by atoms with Gasteiger partial charge in [0.05, 0.1) is 4.88 Å². The van der Waals surface area contributed by atoms with Gasteiger partial charge in [0.25, 0.3) is 0 Å². The van der Waals surface area contributed by atoms with Gasteiger partial charge in [0.15, 0.2) is 0 Å². The SMILES string of the molecule is FC(F)(F)C1O/C(=C\c2ccccc2)c2ccsc21. The van der Waals surface area contributed by atoms with Crippen LogP contribution in [0.5, 0.6) is 0 Å². The van der Waals surface area contributed by atoms with Gasteiger partial charge < -0.3 is 4.74 Å². The second-order valence-electron chi connectivity index (χ2n) is 4.16. The average Bonchev–Trinajstić information content (AvgIpc) is 2.93. The Hall–Kier alpha value is -1.75. The molecule has 5 heteroatoms. The summed E-state index contributed by atoms with van der Waals surface area (Å²) in [7, 11) is 0. The van der Waals surface area contributed by atoms with Crippen molar-refractivity contribution in [2.75, 3.05) is 0 Å². The van der Waals surface area contributed by atoms with Crippen LogP contribution in [0, 0.1) is 0 Å². The van der Waals surface area contributed by atoms with Gasteiger partial charge in [-0.2, -0.15) is 13.2 Å². The normalized spacial score (nSPS) is 20.4. The zero-order valence-electron chi connectivity index (χ0n) is 9.65. The Morgan fingerprint density at radius 3 is 2.53 bits per heavy atom. The van der Waals surface area contributed by atoms with E-state index in [1.807, 2.05) is 30.3 Å². The second kappa shape index (κ2) is 4.42. The molecule has 1 aromatic carbocycles. The highest BCUT2D eigenvalue weighted by molar-refractivity contribution is 7.10. The number of rotatable bonds is 1. The zero-order chi connectivity index (χ0) is 13.5. The topological polar surface area (TPSA) is 9.23 Å². The number of thiophene rings is 1. The van der Waals surface area contributed by atoms with Crippen LogP contribution in [-0.4, -0.2) is 6.18 Å². The summed E-state index contributed by atoms with van der Waals surface area (Å²) in [6.45, 7) is 0. The molecule has 0 spiro atoms. The molecule has 1 aliphatic heterocycles. The van der Waals surface area contributed by atoms with Crippen molar-refractivity contribution in [2.24, 2.45) is 0 Å². The Balaban J connectivity index is 2.01. The lowest BCUT2D eigenvalue weighted by atomic mass is 10.1. The molecule has 0 radical (unpaired) electrons. The maximum atomic E-state index is 12.9. The van der Waals surface area contributed by atoms with Gasteiger partial charge in [-0.3, -0.25) is 0 Å². The van der Waals surface area contributed by atoms with Crippen molar-refractivity contribution in [1.82, 2.24) is 0 Å². The van der Waals surface area contributed by atoms with E-state index in [0.717, 1.165) is 16.9 Å². The lowest BCUT2D eigenvalue weighted by Gasteiger charge is -2.14. The molecule has 1 nitrogen and oxygen atoms in total. The Bertz CT molecular complexity index is 613. The second-order valence-corrected chi connectivity index (χ2v) is 5.10. The summed E-state index contributed by atoms with van der Waals surface area (Å²) in [4.78, 5) is 0.231. The molecule has 0 saturated carbocycles. The number of alkyl halides is 3. The van der Waals surface area contributed by atoms with E-state index in [-0.39, 0.29) is 10.6 Å². The van der Waals surface area contributed by atoms with Gasteiger partial charge in [-0.05, 0) is 23.1 Å². The summed E-state index contributed by atoms with van der Waals surface area (Å²) in [6.07, 6.45) is -4.58. The van der Waals surface area contributed by atoms with Gasteiger partial charge in [0.1, 0.15) is 5.76 Å². The maximum Gasteiger partial charge on any atom is 0.430 e. The highest BCUT2D eigenvalue weighted by atomic mass is 32.1. The van der Waals surface area contributed by atoms with Gasteiger partial charge in [0.2, 0.25) is 6.10 Å². The Kier molecular flexibility index (Phi) is 2.86. The molecular formula is C14H9F3OS. The summed E-state index contributed by atoms with van der Waals surface area (Å²) < 4.78 is 43.7. The fourth-order valence-corrected chi connectivity index (χ4v) is 2.95. The highest BCUT2D eigenvalue weighted by Gasteiger charge is 2.49. The molecule has 0 saturated heterocycles. The minimum atomic E-state index is -4.38. The molecule has 3 rings (SSSR count). The number of hydrogen-bond acceptors (Lipinski definition) is 2. The molecule has 0 N–H and O–H groups in total. The van der Waals surface area contributed by atoms with Crippen LogP contribution in [0.4, 0.5) is 13.2 Å². The average molecular weight is 282 g/mol. The molecule has 2 heterocycles. The van der Waals surface area contributed by atoms with Gasteiger partial charge in [-0.25, -0.2) is 0 Å². The van der Waals surface area contributed by atoms with Crippen LogP contribution in [0.25, 0.3) is 11.8 Å². The first-order chi connectivity index (χ1) is 9.05. The standard InChI is InChI=1S/C14H9F3OS/c15-14(16,17)13-12-10(6-7-19-12)11(18-13)8-9-4-2-1-3-5-9/h1-8,13H/b11-8-. The number of benzene rings is 1. The minimum absolute atomic E-state index is 0.231. The van der Waals surface area contributed by atoms with Gasteiger partial charge in [-0.1, -0.05) is 30.3 Å². The number of halogens is 3. The number of hydrogen-bond donors (Lipinski definition) is 0. The third kappa shape index (κ3) is 2.26. The van der Waals surface area contributed by atoms with E-state index < -0.39 is 12.3 Å². The molecule has 0 amide bonds. The predicted molar refractivity (Wildman–Crippen MR) is 68.5 cm³/mol. The molecule has 1 unspecified atom stereocenters. The minimum Gasteiger partial charge on any atom is -0.475 e. The van der Waals surface area contributed by atoms with Crippen LogP contribution in [0.2, 0.25) is 0 Å². The van der Waals surface area contributed by atoms with E-state index in [2.05, 4.69) is 0 Å². The predicted octanol–water partition coefficient (Wildman–Crippen LogP) is 4.88. The molecule has 2 aromatic rings. The van der Waals surface area contributed by atoms with Gasteiger partial charge >= 0.3 is 6.18 Å². The molecule has 1 atom stereocenters. The monoisotopic (exact) mass is 282 g/mol. The maximum absolute atomic E-state index is 12.9. The first kappa shape index (κ1) is 12.3. The van der Waals surface area contributed by atoms with Crippen molar-refractivity contribution in [3.8, 4) is 0 Å². The lowest BCUT2D eigenvalue weighted by molar-refractivity contribution is -0.200. The van der Waals surface area contributed by atoms with E-state index in [0.29, 0.717) is 5.56 Å². The lowest BCUT2D eigenvalue weighted by Crippen LogP contribution is -2.18. The molecule has 98 valence electrons.